The van der Waals surface area contributed by atoms with Gasteiger partial charge in [0.25, 0.3) is 0 Å². The van der Waals surface area contributed by atoms with Crippen molar-refractivity contribution in [1.29, 1.82) is 0 Å². The molecule has 126 valence electrons. The van der Waals surface area contributed by atoms with Gasteiger partial charge in [-0.05, 0) is 34.9 Å². The summed E-state index contributed by atoms with van der Waals surface area (Å²) < 4.78 is 0. The van der Waals surface area contributed by atoms with Gasteiger partial charge in [-0.1, -0.05) is 0 Å². The number of aliphatic hydroxyl groups excluding tert-OH is 1. The lowest BCUT2D eigenvalue weighted by molar-refractivity contribution is 0.135. The first-order valence-electron chi connectivity index (χ1n) is 8.24. The van der Waals surface area contributed by atoms with Crippen LogP contribution < -0.4 is 4.90 Å². The van der Waals surface area contributed by atoms with E-state index in [1.54, 1.807) is 17.7 Å². The molecule has 0 bridgehead atoms. The fraction of sp³-hybridized carbons (Fsp3) is 0.412. The molecule has 3 aromatic rings. The summed E-state index contributed by atoms with van der Waals surface area (Å²) in [6, 6.07) is 4.54. The van der Waals surface area contributed by atoms with E-state index in [4.69, 9.17) is 0 Å². The Balaban J connectivity index is 1.54. The molecule has 4 heterocycles. The third-order valence-corrected chi connectivity index (χ3v) is 5.40. The van der Waals surface area contributed by atoms with E-state index in [-0.39, 0.29) is 6.61 Å². The molecule has 2 N–H and O–H groups in total. The first-order chi connectivity index (χ1) is 11.8. The van der Waals surface area contributed by atoms with Crippen molar-refractivity contribution in [1.82, 2.24) is 19.9 Å². The van der Waals surface area contributed by atoms with Crippen molar-refractivity contribution in [3.63, 3.8) is 0 Å². The van der Waals surface area contributed by atoms with Crippen molar-refractivity contribution in [2.24, 2.45) is 0 Å². The lowest BCUT2D eigenvalue weighted by atomic mass is 10.1. The molecule has 3 aromatic heterocycles. The van der Waals surface area contributed by atoms with E-state index in [9.17, 15) is 5.11 Å². The molecular formula is C17H21N5OS. The van der Waals surface area contributed by atoms with E-state index >= 15 is 0 Å². The van der Waals surface area contributed by atoms with Crippen molar-refractivity contribution < 1.29 is 5.11 Å². The van der Waals surface area contributed by atoms with Gasteiger partial charge in [0.15, 0.2) is 0 Å². The maximum atomic E-state index is 9.48. The summed E-state index contributed by atoms with van der Waals surface area (Å²) in [4.78, 5) is 16.7. The van der Waals surface area contributed by atoms with Gasteiger partial charge in [-0.3, -0.25) is 4.90 Å². The molecule has 4 rings (SSSR count). The Kier molecular flexibility index (Phi) is 4.46. The van der Waals surface area contributed by atoms with Gasteiger partial charge in [0.05, 0.1) is 5.39 Å². The van der Waals surface area contributed by atoms with Crippen LogP contribution in [0.5, 0.6) is 0 Å². The largest absolute Gasteiger partial charge is 0.396 e. The van der Waals surface area contributed by atoms with Crippen LogP contribution in [0.15, 0.2) is 35.4 Å². The second kappa shape index (κ2) is 6.88. The SMILES string of the molecule is OCC[C@@H]1CN(c2ncnc3[nH]ccc23)CCN1Cc1ccsc1. The number of hydrogen-bond donors (Lipinski definition) is 2. The van der Waals surface area contributed by atoms with Crippen molar-refractivity contribution in [3.05, 3.63) is 41.0 Å². The zero-order valence-electron chi connectivity index (χ0n) is 13.4. The molecule has 24 heavy (non-hydrogen) atoms. The van der Waals surface area contributed by atoms with Gasteiger partial charge in [-0.25, -0.2) is 9.97 Å². The topological polar surface area (TPSA) is 68.3 Å². The fourth-order valence-corrected chi connectivity index (χ4v) is 4.10. The van der Waals surface area contributed by atoms with E-state index in [2.05, 4.69) is 41.6 Å². The minimum absolute atomic E-state index is 0.210. The molecule has 0 aromatic carbocycles. The number of hydrogen-bond acceptors (Lipinski definition) is 6. The zero-order valence-corrected chi connectivity index (χ0v) is 14.2. The first-order valence-corrected chi connectivity index (χ1v) is 9.18. The Morgan fingerprint density at radius 1 is 1.29 bits per heavy atom. The lowest BCUT2D eigenvalue weighted by Gasteiger charge is -2.42. The molecule has 0 saturated carbocycles. The molecule has 1 atom stereocenters. The summed E-state index contributed by atoms with van der Waals surface area (Å²) >= 11 is 1.74. The summed E-state index contributed by atoms with van der Waals surface area (Å²) in [5.74, 6) is 0.986. The molecule has 0 unspecified atom stereocenters. The minimum Gasteiger partial charge on any atom is -0.396 e. The van der Waals surface area contributed by atoms with E-state index in [0.717, 1.165) is 49.5 Å². The van der Waals surface area contributed by atoms with Crippen LogP contribution in [0.2, 0.25) is 0 Å². The third-order valence-electron chi connectivity index (χ3n) is 4.67. The normalized spacial score (nSPS) is 19.2. The number of aliphatic hydroxyl groups is 1. The number of nitrogens with one attached hydrogen (secondary N) is 1. The van der Waals surface area contributed by atoms with Crippen LogP contribution in [-0.2, 0) is 6.54 Å². The van der Waals surface area contributed by atoms with Gasteiger partial charge in [-0.15, -0.1) is 0 Å². The van der Waals surface area contributed by atoms with E-state index in [1.807, 2.05) is 12.3 Å². The second-order valence-corrected chi connectivity index (χ2v) is 6.93. The van der Waals surface area contributed by atoms with E-state index in [0.29, 0.717) is 6.04 Å². The first kappa shape index (κ1) is 15.6. The predicted molar refractivity (Wildman–Crippen MR) is 96.3 cm³/mol. The van der Waals surface area contributed by atoms with Crippen LogP contribution >= 0.6 is 11.3 Å². The molecule has 0 radical (unpaired) electrons. The highest BCUT2D eigenvalue weighted by molar-refractivity contribution is 7.07. The summed E-state index contributed by atoms with van der Waals surface area (Å²) in [6.07, 6.45) is 4.30. The Hall–Kier alpha value is -1.96. The number of anilines is 1. The Bertz CT molecular complexity index is 787. The van der Waals surface area contributed by atoms with Crippen molar-refractivity contribution in [2.45, 2.75) is 19.0 Å². The van der Waals surface area contributed by atoms with Crippen LogP contribution in [0, 0.1) is 0 Å². The number of aromatic amines is 1. The van der Waals surface area contributed by atoms with Gasteiger partial charge in [0.1, 0.15) is 17.8 Å². The molecule has 0 amide bonds. The van der Waals surface area contributed by atoms with Gasteiger partial charge in [-0.2, -0.15) is 11.3 Å². The second-order valence-electron chi connectivity index (χ2n) is 6.15. The molecular weight excluding hydrogens is 322 g/mol. The molecule has 6 nitrogen and oxygen atoms in total. The Morgan fingerprint density at radius 3 is 3.08 bits per heavy atom. The van der Waals surface area contributed by atoms with Gasteiger partial charge < -0.3 is 15.0 Å². The molecule has 7 heteroatoms. The summed E-state index contributed by atoms with van der Waals surface area (Å²) in [5.41, 5.74) is 2.23. The third kappa shape index (κ3) is 3.02. The van der Waals surface area contributed by atoms with Gasteiger partial charge in [0, 0.05) is 45.0 Å². The molecule has 1 fully saturated rings. The predicted octanol–water partition coefficient (Wildman–Crippen LogP) is 2.09. The molecule has 0 aliphatic carbocycles. The van der Waals surface area contributed by atoms with Crippen LogP contribution in [0.3, 0.4) is 0 Å². The van der Waals surface area contributed by atoms with Crippen molar-refractivity contribution in [2.75, 3.05) is 31.1 Å². The highest BCUT2D eigenvalue weighted by Crippen LogP contribution is 2.26. The maximum Gasteiger partial charge on any atom is 0.142 e. The summed E-state index contributed by atoms with van der Waals surface area (Å²) in [6.45, 7) is 3.94. The average molecular weight is 343 g/mol. The summed E-state index contributed by atoms with van der Waals surface area (Å²) in [7, 11) is 0. The monoisotopic (exact) mass is 343 g/mol. The van der Waals surface area contributed by atoms with Crippen LogP contribution in [-0.4, -0.2) is 57.2 Å². The van der Waals surface area contributed by atoms with Gasteiger partial charge in [0.2, 0.25) is 0 Å². The van der Waals surface area contributed by atoms with Crippen LogP contribution in [0.25, 0.3) is 11.0 Å². The lowest BCUT2D eigenvalue weighted by Crippen LogP contribution is -2.53. The zero-order chi connectivity index (χ0) is 16.4. The molecule has 0 spiro atoms. The smallest absolute Gasteiger partial charge is 0.142 e. The molecule has 1 aliphatic rings. The Labute approximate surface area is 144 Å². The van der Waals surface area contributed by atoms with Crippen molar-refractivity contribution in [3.8, 4) is 0 Å². The van der Waals surface area contributed by atoms with Crippen LogP contribution in [0.1, 0.15) is 12.0 Å². The number of nitrogens with zero attached hydrogens (tertiary/aromatic N) is 4. The average Bonchev–Trinajstić information content (AvgIpc) is 3.27. The number of H-pyrrole nitrogens is 1. The number of aromatic nitrogens is 3. The summed E-state index contributed by atoms with van der Waals surface area (Å²) in [5, 5.41) is 14.9. The maximum absolute atomic E-state index is 9.48. The number of rotatable bonds is 5. The number of fused-ring (bicyclic) bond motifs is 1. The quantitative estimate of drug-likeness (QED) is 0.742. The van der Waals surface area contributed by atoms with E-state index in [1.165, 1.54) is 5.56 Å². The van der Waals surface area contributed by atoms with Gasteiger partial charge >= 0.3 is 0 Å². The number of piperazine rings is 1. The minimum atomic E-state index is 0.210. The van der Waals surface area contributed by atoms with Crippen molar-refractivity contribution >= 4 is 28.2 Å². The Morgan fingerprint density at radius 2 is 2.25 bits per heavy atom. The number of thiophene rings is 1. The van der Waals surface area contributed by atoms with E-state index < -0.39 is 0 Å². The van der Waals surface area contributed by atoms with Crippen LogP contribution in [0.4, 0.5) is 5.82 Å². The molecule has 1 aliphatic heterocycles. The highest BCUT2D eigenvalue weighted by atomic mass is 32.1. The molecule has 1 saturated heterocycles. The highest BCUT2D eigenvalue weighted by Gasteiger charge is 2.28. The standard InChI is InChI=1S/C17H21N5OS/c23-7-2-14-10-22(6-5-21(14)9-13-3-8-24-11-13)17-15-1-4-18-16(15)19-12-20-17/h1,3-4,8,11-12,14,23H,2,5-7,9-10H2,(H,18,19,20)/t14-/m1/s1. The fourth-order valence-electron chi connectivity index (χ4n) is 3.44.